The lowest BCUT2D eigenvalue weighted by Crippen LogP contribution is -2.42. The third-order valence-corrected chi connectivity index (χ3v) is 14.0. The molecule has 2 aliphatic heterocycles. The highest BCUT2D eigenvalue weighted by molar-refractivity contribution is 5.83. The quantitative estimate of drug-likeness (QED) is 0.0504. The standard InChI is InChI=1S/C51H67NO5/c1-35(31-36(2)32-37(3)33-44(53)56-48(4,5)6)21-19-20-28-43-41(47-52(57-43)45-42-29-30-50(9,46(45)55-47)49(42,7)8)34-54-51(38-22-13-10-14-23-38,39-24-15-11-16-25-39)40-26-17-12-18-27-40/h10-18,22-27,32-33,35,41-43,45-47H,19-21,28-31,34H2,1-9H3/b36-32+,37-33+/t35-,41-,42+,43-,45+,46+,47-,50-/m1/s1. The third kappa shape index (κ3) is 8.22. The molecule has 8 atom stereocenters. The molecule has 4 aliphatic rings. The van der Waals surface area contributed by atoms with Gasteiger partial charge in [0.05, 0.1) is 30.8 Å². The molecule has 2 aliphatic carbocycles. The number of rotatable bonds is 15. The Kier molecular flexibility index (Phi) is 12.1. The van der Waals surface area contributed by atoms with Gasteiger partial charge in [0, 0.05) is 11.5 Å². The van der Waals surface area contributed by atoms with Crippen LogP contribution in [0, 0.1) is 28.6 Å². The van der Waals surface area contributed by atoms with Crippen molar-refractivity contribution in [1.82, 2.24) is 5.06 Å². The van der Waals surface area contributed by atoms with Crippen molar-refractivity contribution in [2.24, 2.45) is 28.6 Å². The van der Waals surface area contributed by atoms with Crippen molar-refractivity contribution >= 4 is 5.97 Å². The molecule has 6 nitrogen and oxygen atoms in total. The molecule has 7 rings (SSSR count). The van der Waals surface area contributed by atoms with Gasteiger partial charge in [-0.1, -0.05) is 150 Å². The smallest absolute Gasteiger partial charge is 0.331 e. The second-order valence-electron chi connectivity index (χ2n) is 19.5. The predicted molar refractivity (Wildman–Crippen MR) is 228 cm³/mol. The predicted octanol–water partition coefficient (Wildman–Crippen LogP) is 11.6. The first kappa shape index (κ1) is 41.6. The SMILES string of the molecule is CC(=C\C(=O)OC(C)(C)C)/C=C(\C)C[C@H](C)CCCC[C@H]1ON2[C@H]3[C@@H]4CC[C@](C)([C@H]3O[C@@H]2[C@@H]1COC(c1ccccc1)(c1ccccc1)c1ccccc1)C4(C)C. The molecular formula is C51H67NO5. The number of hydrogen-bond donors (Lipinski definition) is 0. The highest BCUT2D eigenvalue weighted by Gasteiger charge is 2.73. The van der Waals surface area contributed by atoms with Crippen LogP contribution in [0.3, 0.4) is 0 Å². The molecule has 306 valence electrons. The topological polar surface area (TPSA) is 57.2 Å². The summed E-state index contributed by atoms with van der Waals surface area (Å²) in [4.78, 5) is 19.4. The van der Waals surface area contributed by atoms with Crippen molar-refractivity contribution < 1.29 is 23.8 Å². The highest BCUT2D eigenvalue weighted by Crippen LogP contribution is 2.70. The second kappa shape index (κ2) is 16.6. The van der Waals surface area contributed by atoms with Gasteiger partial charge in [0.2, 0.25) is 0 Å². The first-order valence-electron chi connectivity index (χ1n) is 21.6. The molecule has 2 heterocycles. The Hall–Kier alpha value is -3.55. The van der Waals surface area contributed by atoms with Crippen LogP contribution >= 0.6 is 0 Å². The summed E-state index contributed by atoms with van der Waals surface area (Å²) >= 11 is 0. The number of fused-ring (bicyclic) bond motifs is 7. The van der Waals surface area contributed by atoms with E-state index in [1.165, 1.54) is 18.4 Å². The van der Waals surface area contributed by atoms with E-state index in [1.54, 1.807) is 6.08 Å². The molecule has 0 spiro atoms. The fraction of sp³-hybridized carbons (Fsp3) is 0.549. The fourth-order valence-corrected chi connectivity index (χ4v) is 11.0. The van der Waals surface area contributed by atoms with Gasteiger partial charge >= 0.3 is 5.97 Å². The second-order valence-corrected chi connectivity index (χ2v) is 19.5. The lowest BCUT2D eigenvalue weighted by atomic mass is 9.70. The zero-order valence-electron chi connectivity index (χ0n) is 36.0. The van der Waals surface area contributed by atoms with Gasteiger partial charge in [0.25, 0.3) is 0 Å². The van der Waals surface area contributed by atoms with Crippen molar-refractivity contribution in [3.05, 3.63) is 131 Å². The normalized spacial score (nSPS) is 29.0. The van der Waals surface area contributed by atoms with E-state index in [4.69, 9.17) is 19.0 Å². The molecule has 3 aromatic rings. The van der Waals surface area contributed by atoms with Gasteiger partial charge in [-0.05, 0) is 99.8 Å². The fourth-order valence-electron chi connectivity index (χ4n) is 11.0. The lowest BCUT2D eigenvalue weighted by Gasteiger charge is -2.39. The van der Waals surface area contributed by atoms with Gasteiger partial charge in [-0.15, -0.1) is 0 Å². The molecule has 0 aromatic heterocycles. The monoisotopic (exact) mass is 774 g/mol. The largest absolute Gasteiger partial charge is 0.457 e. The van der Waals surface area contributed by atoms with Gasteiger partial charge < -0.3 is 14.2 Å². The van der Waals surface area contributed by atoms with E-state index in [9.17, 15) is 4.79 Å². The summed E-state index contributed by atoms with van der Waals surface area (Å²) in [5.74, 6) is 0.849. The summed E-state index contributed by atoms with van der Waals surface area (Å²) in [5.41, 5.74) is 4.58. The average molecular weight is 774 g/mol. The van der Waals surface area contributed by atoms with E-state index in [1.807, 2.05) is 27.7 Å². The minimum absolute atomic E-state index is 0.00333. The number of unbranched alkanes of at least 4 members (excludes halogenated alkanes) is 1. The van der Waals surface area contributed by atoms with Crippen LogP contribution in [0.25, 0.3) is 0 Å². The number of carbonyl (C=O) groups excluding carboxylic acids is 1. The third-order valence-electron chi connectivity index (χ3n) is 14.0. The number of hydroxylamine groups is 2. The molecular weight excluding hydrogens is 707 g/mol. The van der Waals surface area contributed by atoms with Crippen LogP contribution in [0.4, 0.5) is 0 Å². The first-order chi connectivity index (χ1) is 27.1. The molecule has 2 bridgehead atoms. The molecule has 0 N–H and O–H groups in total. The number of nitrogens with zero attached hydrogens (tertiary/aromatic N) is 1. The molecule has 0 radical (unpaired) electrons. The molecule has 4 fully saturated rings. The van der Waals surface area contributed by atoms with Gasteiger partial charge in [-0.25, -0.2) is 4.79 Å². The van der Waals surface area contributed by atoms with Crippen LogP contribution in [-0.2, 0) is 29.4 Å². The summed E-state index contributed by atoms with van der Waals surface area (Å²) in [6, 6.07) is 32.4. The minimum atomic E-state index is -0.801. The van der Waals surface area contributed by atoms with Crippen LogP contribution in [0.1, 0.15) is 124 Å². The number of esters is 1. The number of hydrogen-bond acceptors (Lipinski definition) is 6. The maximum absolute atomic E-state index is 12.3. The number of allylic oxidation sites excluding steroid dienone is 3. The lowest BCUT2D eigenvalue weighted by molar-refractivity contribution is -0.197. The van der Waals surface area contributed by atoms with Gasteiger partial charge in [0.15, 0.2) is 0 Å². The maximum Gasteiger partial charge on any atom is 0.331 e. The molecule has 0 unspecified atom stereocenters. The number of benzene rings is 3. The molecule has 3 aromatic carbocycles. The van der Waals surface area contributed by atoms with Crippen molar-refractivity contribution in [2.75, 3.05) is 6.61 Å². The molecule has 6 heteroatoms. The molecule has 57 heavy (non-hydrogen) atoms. The summed E-state index contributed by atoms with van der Waals surface area (Å²) in [6.07, 6.45) is 11.5. The molecule has 2 saturated carbocycles. The van der Waals surface area contributed by atoms with Gasteiger partial charge in [0.1, 0.15) is 17.4 Å². The van der Waals surface area contributed by atoms with Crippen LogP contribution in [0.5, 0.6) is 0 Å². The Morgan fingerprint density at radius 2 is 1.46 bits per heavy atom. The van der Waals surface area contributed by atoms with Gasteiger partial charge in [-0.3, -0.25) is 4.84 Å². The van der Waals surface area contributed by atoms with Gasteiger partial charge in [-0.2, -0.15) is 5.06 Å². The summed E-state index contributed by atoms with van der Waals surface area (Å²) in [6.45, 7) is 20.0. The van der Waals surface area contributed by atoms with Crippen molar-refractivity contribution in [3.8, 4) is 0 Å². The number of ether oxygens (including phenoxy) is 3. The zero-order valence-corrected chi connectivity index (χ0v) is 36.0. The first-order valence-corrected chi connectivity index (χ1v) is 21.6. The van der Waals surface area contributed by atoms with E-state index in [0.29, 0.717) is 18.4 Å². The Labute approximate surface area is 343 Å². The molecule has 2 saturated heterocycles. The summed E-state index contributed by atoms with van der Waals surface area (Å²) in [7, 11) is 0. The highest BCUT2D eigenvalue weighted by atomic mass is 16.8. The maximum atomic E-state index is 12.3. The summed E-state index contributed by atoms with van der Waals surface area (Å²) < 4.78 is 20.2. The van der Waals surface area contributed by atoms with Crippen LogP contribution < -0.4 is 0 Å². The Morgan fingerprint density at radius 1 is 0.877 bits per heavy atom. The van der Waals surface area contributed by atoms with E-state index in [0.717, 1.165) is 54.4 Å². The Morgan fingerprint density at radius 3 is 2.02 bits per heavy atom. The van der Waals surface area contributed by atoms with E-state index in [2.05, 4.69) is 137 Å². The van der Waals surface area contributed by atoms with E-state index >= 15 is 0 Å². The average Bonchev–Trinajstić information content (AvgIpc) is 3.82. The Bertz CT molecular complexity index is 1780. The van der Waals surface area contributed by atoms with Crippen LogP contribution in [0.2, 0.25) is 0 Å². The van der Waals surface area contributed by atoms with Crippen molar-refractivity contribution in [1.29, 1.82) is 0 Å². The number of carbonyl (C=O) groups is 1. The van der Waals surface area contributed by atoms with Crippen LogP contribution in [0.15, 0.2) is 114 Å². The molecule has 0 amide bonds. The van der Waals surface area contributed by atoms with Crippen molar-refractivity contribution in [3.63, 3.8) is 0 Å². The summed E-state index contributed by atoms with van der Waals surface area (Å²) in [5, 5.41) is 2.32. The van der Waals surface area contributed by atoms with E-state index < -0.39 is 11.2 Å². The van der Waals surface area contributed by atoms with Crippen molar-refractivity contribution in [2.45, 2.75) is 143 Å². The minimum Gasteiger partial charge on any atom is -0.457 e. The van der Waals surface area contributed by atoms with Crippen LogP contribution in [-0.4, -0.2) is 47.7 Å². The Balaban J connectivity index is 1.08. The zero-order chi connectivity index (χ0) is 40.6. The van der Waals surface area contributed by atoms with E-state index in [-0.39, 0.29) is 47.2 Å².